The largest absolute Gasteiger partial charge is 0.383 e. The average molecular weight is 194 g/mol. The molecule has 1 rings (SSSR count). The van der Waals surface area contributed by atoms with E-state index in [1.54, 1.807) is 12.3 Å². The second-order valence-corrected chi connectivity index (χ2v) is 2.27. The molecule has 11 heavy (non-hydrogen) atoms. The summed E-state index contributed by atoms with van der Waals surface area (Å²) in [6, 6.07) is 1.67. The molecular formula is C6H9Cl2N3. The van der Waals surface area contributed by atoms with Crippen LogP contribution in [0.5, 0.6) is 0 Å². The van der Waals surface area contributed by atoms with Crippen LogP contribution in [0, 0.1) is 0 Å². The SMILES string of the molecule is Cl.NCc1c(Cl)ccnc1N. The quantitative estimate of drug-likeness (QED) is 0.705. The molecule has 0 spiro atoms. The van der Waals surface area contributed by atoms with Crippen LogP contribution < -0.4 is 11.5 Å². The first-order valence-corrected chi connectivity index (χ1v) is 3.22. The fourth-order valence-corrected chi connectivity index (χ4v) is 0.916. The van der Waals surface area contributed by atoms with E-state index in [2.05, 4.69) is 4.98 Å². The Balaban J connectivity index is 0.000001000. The number of rotatable bonds is 1. The van der Waals surface area contributed by atoms with Gasteiger partial charge in [0.2, 0.25) is 0 Å². The smallest absolute Gasteiger partial charge is 0.129 e. The molecule has 3 nitrogen and oxygen atoms in total. The summed E-state index contributed by atoms with van der Waals surface area (Å²) in [6.45, 7) is 0.332. The third kappa shape index (κ3) is 2.22. The van der Waals surface area contributed by atoms with Crippen LogP contribution in [0.2, 0.25) is 5.02 Å². The number of anilines is 1. The lowest BCUT2D eigenvalue weighted by Crippen LogP contribution is -2.03. The van der Waals surface area contributed by atoms with E-state index in [9.17, 15) is 0 Å². The first-order valence-electron chi connectivity index (χ1n) is 2.84. The Kier molecular flexibility index (Phi) is 4.18. The Bertz CT molecular complexity index is 219. The zero-order chi connectivity index (χ0) is 7.56. The van der Waals surface area contributed by atoms with E-state index < -0.39 is 0 Å². The minimum absolute atomic E-state index is 0. The maximum absolute atomic E-state index is 5.73. The second kappa shape index (κ2) is 4.38. The zero-order valence-corrected chi connectivity index (χ0v) is 7.32. The average Bonchev–Trinajstić information content (AvgIpc) is 1.88. The van der Waals surface area contributed by atoms with E-state index in [1.807, 2.05) is 0 Å². The number of nitrogens with zero attached hydrogens (tertiary/aromatic N) is 1. The summed E-state index contributed by atoms with van der Waals surface area (Å²) in [4.78, 5) is 3.82. The molecule has 4 N–H and O–H groups in total. The minimum Gasteiger partial charge on any atom is -0.383 e. The van der Waals surface area contributed by atoms with Crippen LogP contribution in [0.3, 0.4) is 0 Å². The summed E-state index contributed by atoms with van der Waals surface area (Å²) in [5.41, 5.74) is 11.5. The summed E-state index contributed by atoms with van der Waals surface area (Å²) in [5.74, 6) is 0.412. The van der Waals surface area contributed by atoms with E-state index in [-0.39, 0.29) is 12.4 Å². The lowest BCUT2D eigenvalue weighted by atomic mass is 10.2. The van der Waals surface area contributed by atoms with Crippen molar-refractivity contribution in [2.24, 2.45) is 5.73 Å². The zero-order valence-electron chi connectivity index (χ0n) is 5.75. The molecule has 1 heterocycles. The maximum Gasteiger partial charge on any atom is 0.129 e. The summed E-state index contributed by atoms with van der Waals surface area (Å²) >= 11 is 5.73. The standard InChI is InChI=1S/C6H8ClN3.ClH/c7-5-1-2-10-6(9)4(5)3-8;/h1-2H,3,8H2,(H2,9,10);1H. The molecule has 1 aromatic rings. The van der Waals surface area contributed by atoms with Gasteiger partial charge in [-0.05, 0) is 6.07 Å². The van der Waals surface area contributed by atoms with E-state index in [0.717, 1.165) is 0 Å². The van der Waals surface area contributed by atoms with E-state index in [4.69, 9.17) is 23.1 Å². The monoisotopic (exact) mass is 193 g/mol. The van der Waals surface area contributed by atoms with Crippen LogP contribution >= 0.6 is 24.0 Å². The number of pyridine rings is 1. The molecule has 0 amide bonds. The highest BCUT2D eigenvalue weighted by atomic mass is 35.5. The predicted octanol–water partition coefficient (Wildman–Crippen LogP) is 1.20. The first kappa shape index (κ1) is 10.5. The third-order valence-electron chi connectivity index (χ3n) is 1.24. The molecule has 5 heteroatoms. The minimum atomic E-state index is 0. The van der Waals surface area contributed by atoms with Crippen LogP contribution in [-0.4, -0.2) is 4.98 Å². The van der Waals surface area contributed by atoms with Gasteiger partial charge in [-0.2, -0.15) is 0 Å². The van der Waals surface area contributed by atoms with Gasteiger partial charge in [-0.15, -0.1) is 12.4 Å². The topological polar surface area (TPSA) is 64.9 Å². The Hall–Kier alpha value is -0.510. The fourth-order valence-electron chi connectivity index (χ4n) is 0.686. The lowest BCUT2D eigenvalue weighted by molar-refractivity contribution is 1.06. The van der Waals surface area contributed by atoms with Crippen LogP contribution in [0.4, 0.5) is 5.82 Å². The van der Waals surface area contributed by atoms with Gasteiger partial charge in [0.05, 0.1) is 5.02 Å². The molecule has 0 saturated heterocycles. The number of nitrogens with two attached hydrogens (primary N) is 2. The van der Waals surface area contributed by atoms with Gasteiger partial charge in [0, 0.05) is 18.3 Å². The molecule has 0 fully saturated rings. The van der Waals surface area contributed by atoms with Gasteiger partial charge in [0.1, 0.15) is 5.82 Å². The summed E-state index contributed by atoms with van der Waals surface area (Å²) in [6.07, 6.45) is 1.55. The summed E-state index contributed by atoms with van der Waals surface area (Å²) in [7, 11) is 0. The number of nitrogen functional groups attached to an aromatic ring is 1. The number of halogens is 2. The summed E-state index contributed by atoms with van der Waals surface area (Å²) in [5, 5.41) is 0.579. The van der Waals surface area contributed by atoms with Crippen molar-refractivity contribution >= 4 is 29.8 Å². The third-order valence-corrected chi connectivity index (χ3v) is 1.59. The lowest BCUT2D eigenvalue weighted by Gasteiger charge is -2.01. The molecule has 0 unspecified atom stereocenters. The number of aromatic nitrogens is 1. The molecule has 0 saturated carbocycles. The highest BCUT2D eigenvalue weighted by Gasteiger charge is 2.01. The molecule has 0 aromatic carbocycles. The maximum atomic E-state index is 5.73. The highest BCUT2D eigenvalue weighted by molar-refractivity contribution is 6.31. The van der Waals surface area contributed by atoms with Crippen molar-refractivity contribution in [3.8, 4) is 0 Å². The van der Waals surface area contributed by atoms with Crippen molar-refractivity contribution < 1.29 is 0 Å². The highest BCUT2D eigenvalue weighted by Crippen LogP contribution is 2.18. The Morgan fingerprint density at radius 1 is 1.55 bits per heavy atom. The van der Waals surface area contributed by atoms with Gasteiger partial charge in [0.15, 0.2) is 0 Å². The first-order chi connectivity index (χ1) is 4.75. The van der Waals surface area contributed by atoms with Crippen molar-refractivity contribution in [2.75, 3.05) is 5.73 Å². The molecule has 62 valence electrons. The van der Waals surface area contributed by atoms with Crippen LogP contribution in [-0.2, 0) is 6.54 Å². The molecule has 0 aliphatic heterocycles. The Morgan fingerprint density at radius 3 is 2.55 bits per heavy atom. The molecule has 0 aliphatic carbocycles. The second-order valence-electron chi connectivity index (χ2n) is 1.86. The Morgan fingerprint density at radius 2 is 2.18 bits per heavy atom. The molecule has 0 atom stereocenters. The fraction of sp³-hybridized carbons (Fsp3) is 0.167. The van der Waals surface area contributed by atoms with Gasteiger partial charge < -0.3 is 11.5 Å². The number of hydrogen-bond acceptors (Lipinski definition) is 3. The molecule has 0 bridgehead atoms. The number of hydrogen-bond donors (Lipinski definition) is 2. The molecule has 1 aromatic heterocycles. The molecular weight excluding hydrogens is 185 g/mol. The van der Waals surface area contributed by atoms with Gasteiger partial charge in [0.25, 0.3) is 0 Å². The summed E-state index contributed by atoms with van der Waals surface area (Å²) < 4.78 is 0. The normalized spacial score (nSPS) is 8.91. The van der Waals surface area contributed by atoms with Gasteiger partial charge >= 0.3 is 0 Å². The van der Waals surface area contributed by atoms with Crippen molar-refractivity contribution in [1.29, 1.82) is 0 Å². The Labute approximate surface area is 76.2 Å². The van der Waals surface area contributed by atoms with Crippen molar-refractivity contribution in [2.45, 2.75) is 6.54 Å². The van der Waals surface area contributed by atoms with Gasteiger partial charge in [-0.3, -0.25) is 0 Å². The van der Waals surface area contributed by atoms with Crippen molar-refractivity contribution in [3.63, 3.8) is 0 Å². The van der Waals surface area contributed by atoms with Gasteiger partial charge in [-0.1, -0.05) is 11.6 Å². The molecule has 0 radical (unpaired) electrons. The predicted molar refractivity (Wildman–Crippen MR) is 48.8 cm³/mol. The van der Waals surface area contributed by atoms with Crippen LogP contribution in [0.25, 0.3) is 0 Å². The van der Waals surface area contributed by atoms with Crippen LogP contribution in [0.1, 0.15) is 5.56 Å². The van der Waals surface area contributed by atoms with E-state index in [1.165, 1.54) is 0 Å². The van der Waals surface area contributed by atoms with Gasteiger partial charge in [-0.25, -0.2) is 4.98 Å². The van der Waals surface area contributed by atoms with Crippen molar-refractivity contribution in [1.82, 2.24) is 4.98 Å². The van der Waals surface area contributed by atoms with E-state index >= 15 is 0 Å². The van der Waals surface area contributed by atoms with Crippen LogP contribution in [0.15, 0.2) is 12.3 Å². The van der Waals surface area contributed by atoms with Crippen molar-refractivity contribution in [3.05, 3.63) is 22.8 Å². The molecule has 0 aliphatic rings. The van der Waals surface area contributed by atoms with E-state index in [0.29, 0.717) is 22.9 Å².